The fourth-order valence-electron chi connectivity index (χ4n) is 0.139. The minimum atomic E-state index is -5.23. The van der Waals surface area contributed by atoms with Gasteiger partial charge in [0, 0.05) is 0 Å². The molecule has 0 N–H and O–H groups in total. The van der Waals surface area contributed by atoms with Gasteiger partial charge in [-0.05, 0) is 0 Å². The molecule has 0 aliphatic carbocycles. The summed E-state index contributed by atoms with van der Waals surface area (Å²) >= 11 is 0. The van der Waals surface area contributed by atoms with Crippen LogP contribution in [0.15, 0.2) is 0 Å². The molecule has 0 spiro atoms. The Bertz CT molecular complexity index is 196. The van der Waals surface area contributed by atoms with Gasteiger partial charge in [-0.1, -0.05) is 0 Å². The fourth-order valence-corrected chi connectivity index (χ4v) is 0.417. The molecular weight excluding hydrogens is 200 g/mol. The molecule has 0 aromatic carbocycles. The molecule has 0 rings (SSSR count). The minimum Gasteiger partial charge on any atom is -0.726 e. The van der Waals surface area contributed by atoms with Gasteiger partial charge in [0.05, 0.1) is 0 Å². The van der Waals surface area contributed by atoms with Crippen molar-refractivity contribution in [3.8, 4) is 0 Å². The summed E-state index contributed by atoms with van der Waals surface area (Å²) in [5.41, 5.74) is 0. The average molecular weight is 202 g/mol. The maximum absolute atomic E-state index is 11.1. The van der Waals surface area contributed by atoms with Gasteiger partial charge in [-0.25, -0.2) is 8.42 Å². The minimum absolute atomic E-state index is 0. The Hall–Kier alpha value is 0.660. The van der Waals surface area contributed by atoms with Crippen molar-refractivity contribution in [2.75, 3.05) is 6.61 Å². The molecule has 0 aromatic heterocycles. The van der Waals surface area contributed by atoms with Crippen LogP contribution in [0.25, 0.3) is 0 Å². The van der Waals surface area contributed by atoms with E-state index in [0.29, 0.717) is 0 Å². The zero-order chi connectivity index (χ0) is 8.41. The molecule has 11 heavy (non-hydrogen) atoms. The molecule has 0 bridgehead atoms. The van der Waals surface area contributed by atoms with E-state index in [1.54, 1.807) is 0 Å². The second kappa shape index (κ2) is 4.63. The van der Waals surface area contributed by atoms with Crippen molar-refractivity contribution in [3.05, 3.63) is 0 Å². The standard InChI is InChI=1S/C2H3F3O4S.Na/c3-2(4,5)1-9-10(6,7)8;/h1H2,(H,6,7,8);/q;+1/p-1. The van der Waals surface area contributed by atoms with Crippen molar-refractivity contribution in [2.24, 2.45) is 0 Å². The van der Waals surface area contributed by atoms with Crippen molar-refractivity contribution in [3.63, 3.8) is 0 Å². The Kier molecular flexibility index (Phi) is 5.97. The van der Waals surface area contributed by atoms with Gasteiger partial charge >= 0.3 is 35.7 Å². The third-order valence-electron chi connectivity index (χ3n) is 0.367. The van der Waals surface area contributed by atoms with E-state index in [1.807, 2.05) is 0 Å². The first-order valence-corrected chi connectivity index (χ1v) is 3.21. The predicted molar refractivity (Wildman–Crippen MR) is 21.7 cm³/mol. The Balaban J connectivity index is 0. The van der Waals surface area contributed by atoms with Crippen LogP contribution in [0.3, 0.4) is 0 Å². The van der Waals surface area contributed by atoms with Crippen LogP contribution in [0, 0.1) is 0 Å². The maximum Gasteiger partial charge on any atom is 1.00 e. The van der Waals surface area contributed by atoms with Gasteiger partial charge in [0.2, 0.25) is 10.4 Å². The van der Waals surface area contributed by atoms with E-state index >= 15 is 0 Å². The van der Waals surface area contributed by atoms with Crippen LogP contribution < -0.4 is 29.6 Å². The number of hydrogen-bond acceptors (Lipinski definition) is 4. The summed E-state index contributed by atoms with van der Waals surface area (Å²) in [5.74, 6) is 0. The molecule has 4 nitrogen and oxygen atoms in total. The van der Waals surface area contributed by atoms with Crippen LogP contribution in [-0.4, -0.2) is 25.8 Å². The summed E-state index contributed by atoms with van der Waals surface area (Å²) in [6, 6.07) is 0. The first kappa shape index (κ1) is 14.2. The topological polar surface area (TPSA) is 66.4 Å². The van der Waals surface area contributed by atoms with Gasteiger partial charge in [-0.15, -0.1) is 0 Å². The Morgan fingerprint density at radius 1 is 1.36 bits per heavy atom. The van der Waals surface area contributed by atoms with Crippen LogP contribution in [-0.2, 0) is 14.6 Å². The maximum atomic E-state index is 11.1. The third-order valence-corrected chi connectivity index (χ3v) is 0.773. The molecule has 0 saturated carbocycles. The zero-order valence-electron chi connectivity index (χ0n) is 5.38. The molecule has 62 valence electrons. The molecular formula is C2H2F3NaO4S. The molecule has 0 fully saturated rings. The third kappa shape index (κ3) is 13.6. The Morgan fingerprint density at radius 3 is 1.82 bits per heavy atom. The molecule has 0 amide bonds. The van der Waals surface area contributed by atoms with E-state index < -0.39 is 23.2 Å². The van der Waals surface area contributed by atoms with Crippen LogP contribution >= 0.6 is 0 Å². The van der Waals surface area contributed by atoms with Gasteiger partial charge in [-0.3, -0.25) is 4.18 Å². The summed E-state index contributed by atoms with van der Waals surface area (Å²) in [6.45, 7) is -2.07. The summed E-state index contributed by atoms with van der Waals surface area (Å²) in [4.78, 5) is 0. The molecule has 0 atom stereocenters. The molecule has 9 heteroatoms. The van der Waals surface area contributed by atoms with Gasteiger partial charge in [0.1, 0.15) is 0 Å². The number of hydrogen-bond donors (Lipinski definition) is 0. The molecule has 0 heterocycles. The van der Waals surface area contributed by atoms with E-state index in [1.165, 1.54) is 0 Å². The second-order valence-corrected chi connectivity index (χ2v) is 2.34. The quantitative estimate of drug-likeness (QED) is 0.272. The van der Waals surface area contributed by atoms with Crippen molar-refractivity contribution in [2.45, 2.75) is 6.18 Å². The zero-order valence-corrected chi connectivity index (χ0v) is 8.20. The van der Waals surface area contributed by atoms with E-state index in [2.05, 4.69) is 4.18 Å². The van der Waals surface area contributed by atoms with Gasteiger partial charge in [0.15, 0.2) is 6.61 Å². The van der Waals surface area contributed by atoms with E-state index in [4.69, 9.17) is 0 Å². The van der Waals surface area contributed by atoms with Gasteiger partial charge < -0.3 is 4.55 Å². The van der Waals surface area contributed by atoms with Crippen molar-refractivity contribution in [1.29, 1.82) is 0 Å². The molecule has 0 aliphatic rings. The van der Waals surface area contributed by atoms with Crippen LogP contribution in [0.5, 0.6) is 0 Å². The van der Waals surface area contributed by atoms with Crippen LogP contribution in [0.4, 0.5) is 13.2 Å². The first-order chi connectivity index (χ1) is 4.21. The Labute approximate surface area is 83.0 Å². The molecule has 0 unspecified atom stereocenters. The summed E-state index contributed by atoms with van der Waals surface area (Å²) in [5, 5.41) is 0. The SMILES string of the molecule is O=S(=O)([O-])OCC(F)(F)F.[Na+]. The van der Waals surface area contributed by atoms with Crippen molar-refractivity contribution >= 4 is 10.4 Å². The van der Waals surface area contributed by atoms with E-state index in [-0.39, 0.29) is 29.6 Å². The summed E-state index contributed by atoms with van der Waals surface area (Å²) in [6.07, 6.45) is -4.79. The Morgan fingerprint density at radius 2 is 1.73 bits per heavy atom. The molecule has 0 aliphatic heterocycles. The van der Waals surface area contributed by atoms with Gasteiger partial charge in [0.25, 0.3) is 0 Å². The van der Waals surface area contributed by atoms with Crippen molar-refractivity contribution < 1.29 is 59.9 Å². The number of rotatable bonds is 2. The van der Waals surface area contributed by atoms with Crippen LogP contribution in [0.2, 0.25) is 0 Å². The molecule has 0 aromatic rings. The monoisotopic (exact) mass is 202 g/mol. The van der Waals surface area contributed by atoms with Crippen molar-refractivity contribution in [1.82, 2.24) is 0 Å². The molecule has 0 radical (unpaired) electrons. The summed E-state index contributed by atoms with van der Waals surface area (Å²) in [7, 11) is -5.23. The number of halogens is 3. The summed E-state index contributed by atoms with van der Waals surface area (Å²) < 4.78 is 64.3. The second-order valence-electron chi connectivity index (χ2n) is 1.29. The smallest absolute Gasteiger partial charge is 0.726 e. The number of alkyl halides is 3. The average Bonchev–Trinajstić information content (AvgIpc) is 1.57. The predicted octanol–water partition coefficient (Wildman–Crippen LogP) is -2.97. The molecule has 0 saturated heterocycles. The normalized spacial score (nSPS) is 12.4. The van der Waals surface area contributed by atoms with Crippen LogP contribution in [0.1, 0.15) is 0 Å². The first-order valence-electron chi connectivity index (χ1n) is 1.88. The van der Waals surface area contributed by atoms with Gasteiger partial charge in [-0.2, -0.15) is 13.2 Å². The van der Waals surface area contributed by atoms with E-state index in [9.17, 15) is 26.1 Å². The van der Waals surface area contributed by atoms with E-state index in [0.717, 1.165) is 0 Å². The fraction of sp³-hybridized carbons (Fsp3) is 1.00. The largest absolute Gasteiger partial charge is 1.00 e.